The summed E-state index contributed by atoms with van der Waals surface area (Å²) >= 11 is 0. The molecule has 3 aromatic rings. The molecule has 0 aliphatic rings. The number of nitrogens with one attached hydrogen (secondary N) is 1. The number of hydrogen-bond acceptors (Lipinski definition) is 4. The third kappa shape index (κ3) is 2.53. The van der Waals surface area contributed by atoms with Crippen LogP contribution < -0.4 is 5.32 Å². The van der Waals surface area contributed by atoms with Gasteiger partial charge in [0.15, 0.2) is 0 Å². The number of rotatable bonds is 4. The standard InChI is InChI=1S/C15H17N5/c1-11-7-18-12(9-17-11)8-16-10-15-19-13-5-3-4-6-14(13)20(15)2/h3-7,9,16H,8,10H2,1-2H3. The Morgan fingerprint density at radius 2 is 1.95 bits per heavy atom. The van der Waals surface area contributed by atoms with Crippen molar-refractivity contribution in [1.29, 1.82) is 0 Å². The lowest BCUT2D eigenvalue weighted by molar-refractivity contribution is 0.632. The third-order valence-electron chi connectivity index (χ3n) is 3.30. The average molecular weight is 267 g/mol. The minimum atomic E-state index is 0.691. The van der Waals surface area contributed by atoms with Crippen LogP contribution in [0.15, 0.2) is 36.7 Å². The summed E-state index contributed by atoms with van der Waals surface area (Å²) in [5.41, 5.74) is 4.06. The quantitative estimate of drug-likeness (QED) is 0.785. The first-order chi connectivity index (χ1) is 9.74. The van der Waals surface area contributed by atoms with Gasteiger partial charge in [0.1, 0.15) is 5.82 Å². The molecule has 20 heavy (non-hydrogen) atoms. The minimum absolute atomic E-state index is 0.691. The van der Waals surface area contributed by atoms with E-state index in [4.69, 9.17) is 0 Å². The van der Waals surface area contributed by atoms with Crippen LogP contribution in [0.25, 0.3) is 11.0 Å². The largest absolute Gasteiger partial charge is 0.330 e. The molecule has 102 valence electrons. The second-order valence-corrected chi connectivity index (χ2v) is 4.83. The van der Waals surface area contributed by atoms with Gasteiger partial charge in [-0.2, -0.15) is 0 Å². The van der Waals surface area contributed by atoms with E-state index in [2.05, 4.69) is 30.9 Å². The van der Waals surface area contributed by atoms with Crippen molar-refractivity contribution < 1.29 is 0 Å². The van der Waals surface area contributed by atoms with E-state index in [1.54, 1.807) is 12.4 Å². The van der Waals surface area contributed by atoms with Crippen molar-refractivity contribution in [1.82, 2.24) is 24.8 Å². The van der Waals surface area contributed by atoms with E-state index in [-0.39, 0.29) is 0 Å². The van der Waals surface area contributed by atoms with Gasteiger partial charge in [0.25, 0.3) is 0 Å². The van der Waals surface area contributed by atoms with Gasteiger partial charge in [-0.15, -0.1) is 0 Å². The second kappa shape index (κ2) is 5.38. The molecule has 0 bridgehead atoms. The number of imidazole rings is 1. The number of nitrogens with zero attached hydrogens (tertiary/aromatic N) is 4. The topological polar surface area (TPSA) is 55.6 Å². The molecule has 0 radical (unpaired) electrons. The van der Waals surface area contributed by atoms with Gasteiger partial charge in [0, 0.05) is 26.0 Å². The van der Waals surface area contributed by atoms with Gasteiger partial charge in [0.05, 0.1) is 29.0 Å². The molecule has 0 saturated carbocycles. The van der Waals surface area contributed by atoms with Crippen molar-refractivity contribution in [3.05, 3.63) is 53.9 Å². The van der Waals surface area contributed by atoms with Crippen LogP contribution in [-0.4, -0.2) is 19.5 Å². The molecule has 5 heteroatoms. The van der Waals surface area contributed by atoms with Crippen LogP contribution in [0, 0.1) is 6.92 Å². The fourth-order valence-corrected chi connectivity index (χ4v) is 2.17. The molecule has 0 unspecified atom stereocenters. The normalized spacial score (nSPS) is 11.1. The zero-order valence-electron chi connectivity index (χ0n) is 11.7. The summed E-state index contributed by atoms with van der Waals surface area (Å²) in [6.07, 6.45) is 3.59. The van der Waals surface area contributed by atoms with E-state index in [0.29, 0.717) is 13.1 Å². The molecule has 1 aromatic carbocycles. The highest BCUT2D eigenvalue weighted by Crippen LogP contribution is 2.13. The monoisotopic (exact) mass is 267 g/mol. The highest BCUT2D eigenvalue weighted by atomic mass is 15.1. The van der Waals surface area contributed by atoms with Crippen LogP contribution in [0.1, 0.15) is 17.2 Å². The van der Waals surface area contributed by atoms with Gasteiger partial charge in [0.2, 0.25) is 0 Å². The molecule has 2 aromatic heterocycles. The van der Waals surface area contributed by atoms with Crippen molar-refractivity contribution in [2.75, 3.05) is 0 Å². The van der Waals surface area contributed by atoms with E-state index in [1.807, 2.05) is 32.2 Å². The third-order valence-corrected chi connectivity index (χ3v) is 3.30. The van der Waals surface area contributed by atoms with Crippen molar-refractivity contribution >= 4 is 11.0 Å². The molecule has 1 N–H and O–H groups in total. The number of aryl methyl sites for hydroxylation is 2. The summed E-state index contributed by atoms with van der Waals surface area (Å²) in [6.45, 7) is 3.33. The predicted molar refractivity (Wildman–Crippen MR) is 78.0 cm³/mol. The maximum atomic E-state index is 4.62. The first-order valence-electron chi connectivity index (χ1n) is 6.62. The lowest BCUT2D eigenvalue weighted by Gasteiger charge is -2.05. The predicted octanol–water partition coefficient (Wildman–Crippen LogP) is 1.96. The zero-order chi connectivity index (χ0) is 13.9. The van der Waals surface area contributed by atoms with Crippen molar-refractivity contribution in [3.63, 3.8) is 0 Å². The van der Waals surface area contributed by atoms with Gasteiger partial charge >= 0.3 is 0 Å². The molecule has 2 heterocycles. The van der Waals surface area contributed by atoms with Gasteiger partial charge < -0.3 is 9.88 Å². The second-order valence-electron chi connectivity index (χ2n) is 4.83. The van der Waals surface area contributed by atoms with E-state index in [1.165, 1.54) is 0 Å². The summed E-state index contributed by atoms with van der Waals surface area (Å²) in [4.78, 5) is 13.2. The maximum Gasteiger partial charge on any atom is 0.123 e. The Balaban J connectivity index is 1.68. The first-order valence-corrected chi connectivity index (χ1v) is 6.62. The van der Waals surface area contributed by atoms with Crippen LogP contribution in [0.2, 0.25) is 0 Å². The van der Waals surface area contributed by atoms with E-state index >= 15 is 0 Å². The Kier molecular flexibility index (Phi) is 3.43. The van der Waals surface area contributed by atoms with Crippen LogP contribution in [0.3, 0.4) is 0 Å². The van der Waals surface area contributed by atoms with Gasteiger partial charge in [-0.05, 0) is 19.1 Å². The average Bonchev–Trinajstić information content (AvgIpc) is 2.78. The van der Waals surface area contributed by atoms with E-state index in [9.17, 15) is 0 Å². The molecule has 0 spiro atoms. The fraction of sp³-hybridized carbons (Fsp3) is 0.267. The molecular weight excluding hydrogens is 250 g/mol. The Hall–Kier alpha value is -2.27. The Morgan fingerprint density at radius 1 is 1.10 bits per heavy atom. The SMILES string of the molecule is Cc1cnc(CNCc2nc3ccccc3n2C)cn1. The number of hydrogen-bond donors (Lipinski definition) is 1. The molecule has 5 nitrogen and oxygen atoms in total. The summed E-state index contributed by atoms with van der Waals surface area (Å²) in [6, 6.07) is 8.15. The van der Waals surface area contributed by atoms with Crippen molar-refractivity contribution in [3.8, 4) is 0 Å². The molecule has 3 rings (SSSR count). The van der Waals surface area contributed by atoms with Crippen molar-refractivity contribution in [2.45, 2.75) is 20.0 Å². The molecule has 0 saturated heterocycles. The lowest BCUT2D eigenvalue weighted by Crippen LogP contribution is -2.16. The molecule has 0 atom stereocenters. The Labute approximate surface area is 117 Å². The smallest absolute Gasteiger partial charge is 0.123 e. The molecule has 0 aliphatic heterocycles. The molecule has 0 aliphatic carbocycles. The van der Waals surface area contributed by atoms with Gasteiger partial charge in [-0.1, -0.05) is 12.1 Å². The van der Waals surface area contributed by atoms with E-state index < -0.39 is 0 Å². The lowest BCUT2D eigenvalue weighted by atomic mass is 10.3. The van der Waals surface area contributed by atoms with E-state index in [0.717, 1.165) is 28.2 Å². The number of aromatic nitrogens is 4. The van der Waals surface area contributed by atoms with Crippen LogP contribution in [-0.2, 0) is 20.1 Å². The first kappa shape index (κ1) is 12.7. The number of fused-ring (bicyclic) bond motifs is 1. The van der Waals surface area contributed by atoms with Crippen LogP contribution in [0.5, 0.6) is 0 Å². The Bertz CT molecular complexity index is 715. The highest BCUT2D eigenvalue weighted by Gasteiger charge is 2.06. The van der Waals surface area contributed by atoms with Crippen LogP contribution in [0.4, 0.5) is 0 Å². The molecule has 0 amide bonds. The summed E-state index contributed by atoms with van der Waals surface area (Å²) in [7, 11) is 2.04. The van der Waals surface area contributed by atoms with Crippen molar-refractivity contribution in [2.24, 2.45) is 7.05 Å². The van der Waals surface area contributed by atoms with Gasteiger partial charge in [-0.25, -0.2) is 4.98 Å². The summed E-state index contributed by atoms with van der Waals surface area (Å²) in [5, 5.41) is 3.35. The minimum Gasteiger partial charge on any atom is -0.330 e. The maximum absolute atomic E-state index is 4.62. The van der Waals surface area contributed by atoms with Gasteiger partial charge in [-0.3, -0.25) is 9.97 Å². The summed E-state index contributed by atoms with van der Waals surface area (Å²) in [5.74, 6) is 1.02. The molecule has 0 fully saturated rings. The van der Waals surface area contributed by atoms with Crippen LogP contribution >= 0.6 is 0 Å². The number of para-hydroxylation sites is 2. The summed E-state index contributed by atoms with van der Waals surface area (Å²) < 4.78 is 2.11. The number of benzene rings is 1. The fourth-order valence-electron chi connectivity index (χ4n) is 2.17. The zero-order valence-corrected chi connectivity index (χ0v) is 11.7. The molecular formula is C15H17N5. The Morgan fingerprint density at radius 3 is 2.70 bits per heavy atom. The highest BCUT2D eigenvalue weighted by molar-refractivity contribution is 5.75.